The molecule has 0 atom stereocenters. The Labute approximate surface area is 183 Å². The van der Waals surface area contributed by atoms with Crippen LogP contribution in [0, 0.1) is 0 Å². The molecule has 5 heteroatoms. The second kappa shape index (κ2) is 8.44. The van der Waals surface area contributed by atoms with Crippen LogP contribution in [0.5, 0.6) is 0 Å². The van der Waals surface area contributed by atoms with E-state index in [0.29, 0.717) is 0 Å². The van der Waals surface area contributed by atoms with Crippen LogP contribution in [0.1, 0.15) is 47.6 Å². The number of aromatic amines is 2. The molecule has 0 fully saturated rings. The standard InChI is InChI=1S/C25H23BrN4/c26-13-3-1-2-4-23-24-11-9-21(29-24)15-19-7-5-17(27-19)14-18-6-8-20(28-18)16-22-10-12-25(23)30-22/h5-12,14-16,27,29H,1-4,13H2. The highest BCUT2D eigenvalue weighted by Gasteiger charge is 2.09. The highest BCUT2D eigenvalue weighted by atomic mass is 79.9. The minimum absolute atomic E-state index is 0.928. The van der Waals surface area contributed by atoms with Gasteiger partial charge in [-0.3, -0.25) is 0 Å². The van der Waals surface area contributed by atoms with Crippen molar-refractivity contribution in [3.05, 3.63) is 70.8 Å². The van der Waals surface area contributed by atoms with E-state index in [0.717, 1.165) is 63.0 Å². The van der Waals surface area contributed by atoms with E-state index in [4.69, 9.17) is 9.97 Å². The largest absolute Gasteiger partial charge is 0.355 e. The van der Waals surface area contributed by atoms with Crippen molar-refractivity contribution < 1.29 is 0 Å². The second-order valence-electron chi connectivity index (χ2n) is 7.66. The van der Waals surface area contributed by atoms with Crippen LogP contribution in [0.25, 0.3) is 46.4 Å². The zero-order chi connectivity index (χ0) is 20.3. The molecule has 30 heavy (non-hydrogen) atoms. The maximum absolute atomic E-state index is 4.91. The van der Waals surface area contributed by atoms with Crippen LogP contribution < -0.4 is 0 Å². The summed E-state index contributed by atoms with van der Waals surface area (Å²) in [5.74, 6) is 0. The summed E-state index contributed by atoms with van der Waals surface area (Å²) in [6, 6.07) is 14.7. The normalized spacial score (nSPS) is 12.6. The number of aryl methyl sites for hydroxylation is 1. The van der Waals surface area contributed by atoms with Gasteiger partial charge in [0.2, 0.25) is 0 Å². The van der Waals surface area contributed by atoms with Crippen LogP contribution in [0.2, 0.25) is 0 Å². The number of aromatic nitrogens is 4. The van der Waals surface area contributed by atoms with Gasteiger partial charge < -0.3 is 9.97 Å². The second-order valence-corrected chi connectivity index (χ2v) is 8.45. The zero-order valence-electron chi connectivity index (χ0n) is 16.7. The summed E-state index contributed by atoms with van der Waals surface area (Å²) in [5, 5.41) is 1.06. The van der Waals surface area contributed by atoms with E-state index in [-0.39, 0.29) is 0 Å². The van der Waals surface area contributed by atoms with E-state index < -0.39 is 0 Å². The molecule has 3 aromatic heterocycles. The maximum atomic E-state index is 4.91. The fraction of sp³-hybridized carbons (Fsp3) is 0.200. The lowest BCUT2D eigenvalue weighted by atomic mass is 10.1. The van der Waals surface area contributed by atoms with Crippen LogP contribution in [-0.4, -0.2) is 25.3 Å². The molecule has 0 saturated heterocycles. The Balaban J connectivity index is 1.72. The van der Waals surface area contributed by atoms with Crippen LogP contribution in [0.4, 0.5) is 0 Å². The third-order valence-corrected chi connectivity index (χ3v) is 5.95. The molecule has 0 aromatic carbocycles. The average molecular weight is 459 g/mol. The SMILES string of the molecule is BrCCCCCc1c2nc(cc3nc(cc4ccc(cc5ccc1[nH]5)[nH]4)C=C3)C=C2. The third kappa shape index (κ3) is 4.17. The number of hydrogen-bond acceptors (Lipinski definition) is 2. The van der Waals surface area contributed by atoms with Gasteiger partial charge in [-0.05, 0) is 86.0 Å². The van der Waals surface area contributed by atoms with E-state index in [1.165, 1.54) is 18.4 Å². The average Bonchev–Trinajstić information content (AvgIpc) is 3.52. The summed E-state index contributed by atoms with van der Waals surface area (Å²) >= 11 is 3.53. The molecular weight excluding hydrogens is 436 g/mol. The Bertz CT molecular complexity index is 1290. The Morgan fingerprint density at radius 3 is 2.23 bits per heavy atom. The number of H-pyrrole nitrogens is 2. The number of unbranched alkanes of at least 4 members (excludes halogenated alkanes) is 2. The molecule has 8 bridgehead atoms. The van der Waals surface area contributed by atoms with Crippen molar-refractivity contribution >= 4 is 62.3 Å². The monoisotopic (exact) mass is 458 g/mol. The quantitative estimate of drug-likeness (QED) is 0.225. The minimum Gasteiger partial charge on any atom is -0.355 e. The van der Waals surface area contributed by atoms with E-state index in [2.05, 4.69) is 74.4 Å². The molecule has 5 rings (SSSR count). The topological polar surface area (TPSA) is 57.4 Å². The van der Waals surface area contributed by atoms with Gasteiger partial charge in [-0.1, -0.05) is 22.4 Å². The van der Waals surface area contributed by atoms with Gasteiger partial charge in [0.1, 0.15) is 0 Å². The molecule has 0 aliphatic carbocycles. The Morgan fingerprint density at radius 1 is 0.667 bits per heavy atom. The van der Waals surface area contributed by atoms with E-state index in [1.54, 1.807) is 0 Å². The molecule has 2 aliphatic rings. The van der Waals surface area contributed by atoms with Crippen molar-refractivity contribution in [1.82, 2.24) is 19.9 Å². The Kier molecular flexibility index (Phi) is 5.37. The highest BCUT2D eigenvalue weighted by Crippen LogP contribution is 2.23. The first-order chi connectivity index (χ1) is 14.8. The first-order valence-corrected chi connectivity index (χ1v) is 11.5. The van der Waals surface area contributed by atoms with Crippen LogP contribution in [0.3, 0.4) is 0 Å². The summed E-state index contributed by atoms with van der Waals surface area (Å²) < 4.78 is 0. The van der Waals surface area contributed by atoms with Gasteiger partial charge in [0, 0.05) is 33.0 Å². The molecule has 0 spiro atoms. The maximum Gasteiger partial charge on any atom is 0.0690 e. The number of rotatable bonds is 5. The van der Waals surface area contributed by atoms with Gasteiger partial charge in [-0.15, -0.1) is 0 Å². The van der Waals surface area contributed by atoms with Gasteiger partial charge >= 0.3 is 0 Å². The Hall–Kier alpha value is -2.92. The van der Waals surface area contributed by atoms with Gasteiger partial charge in [-0.25, -0.2) is 9.97 Å². The molecule has 0 radical (unpaired) electrons. The number of nitrogens with one attached hydrogen (secondary N) is 2. The van der Waals surface area contributed by atoms with E-state index >= 15 is 0 Å². The van der Waals surface area contributed by atoms with Gasteiger partial charge in [0.15, 0.2) is 0 Å². The molecule has 150 valence electrons. The number of fused-ring (bicyclic) bond motifs is 8. The van der Waals surface area contributed by atoms with E-state index in [1.807, 2.05) is 18.2 Å². The lowest BCUT2D eigenvalue weighted by Crippen LogP contribution is -1.92. The smallest absolute Gasteiger partial charge is 0.0690 e. The summed E-state index contributed by atoms with van der Waals surface area (Å²) in [7, 11) is 0. The van der Waals surface area contributed by atoms with Gasteiger partial charge in [-0.2, -0.15) is 0 Å². The van der Waals surface area contributed by atoms with Crippen molar-refractivity contribution in [2.24, 2.45) is 0 Å². The molecule has 2 N–H and O–H groups in total. The van der Waals surface area contributed by atoms with Crippen molar-refractivity contribution in [3.8, 4) is 0 Å². The van der Waals surface area contributed by atoms with E-state index in [9.17, 15) is 0 Å². The zero-order valence-corrected chi connectivity index (χ0v) is 18.2. The predicted octanol–water partition coefficient (Wildman–Crippen LogP) is 6.76. The fourth-order valence-electron chi connectivity index (χ4n) is 3.90. The summed E-state index contributed by atoms with van der Waals surface area (Å²) in [6.07, 6.45) is 12.8. The predicted molar refractivity (Wildman–Crippen MR) is 130 cm³/mol. The van der Waals surface area contributed by atoms with Gasteiger partial charge in [0.05, 0.1) is 22.8 Å². The van der Waals surface area contributed by atoms with Crippen LogP contribution >= 0.6 is 15.9 Å². The Morgan fingerprint density at radius 2 is 1.37 bits per heavy atom. The molecule has 2 aliphatic heterocycles. The lowest BCUT2D eigenvalue weighted by Gasteiger charge is -2.03. The minimum atomic E-state index is 0.928. The summed E-state index contributed by atoms with van der Waals surface area (Å²) in [4.78, 5) is 16.7. The van der Waals surface area contributed by atoms with Crippen molar-refractivity contribution in [1.29, 1.82) is 0 Å². The molecule has 4 nitrogen and oxygen atoms in total. The first-order valence-electron chi connectivity index (χ1n) is 10.4. The third-order valence-electron chi connectivity index (χ3n) is 5.39. The molecular formula is C25H23BrN4. The molecule has 0 saturated carbocycles. The number of alkyl halides is 1. The van der Waals surface area contributed by atoms with Crippen LogP contribution in [0.15, 0.2) is 42.5 Å². The van der Waals surface area contributed by atoms with Crippen molar-refractivity contribution in [3.63, 3.8) is 0 Å². The van der Waals surface area contributed by atoms with Crippen LogP contribution in [-0.2, 0) is 6.42 Å². The first kappa shape index (κ1) is 19.1. The highest BCUT2D eigenvalue weighted by molar-refractivity contribution is 9.09. The lowest BCUT2D eigenvalue weighted by molar-refractivity contribution is 0.724. The summed E-state index contributed by atoms with van der Waals surface area (Å²) in [5.41, 5.74) is 9.45. The molecule has 3 aromatic rings. The van der Waals surface area contributed by atoms with Crippen molar-refractivity contribution in [2.45, 2.75) is 25.7 Å². The molecule has 0 unspecified atom stereocenters. The number of nitrogens with zero attached hydrogens (tertiary/aromatic N) is 2. The fourth-order valence-corrected chi connectivity index (χ4v) is 4.30. The number of halogens is 1. The number of hydrogen-bond donors (Lipinski definition) is 2. The van der Waals surface area contributed by atoms with Gasteiger partial charge in [0.25, 0.3) is 0 Å². The molecule has 0 amide bonds. The summed E-state index contributed by atoms with van der Waals surface area (Å²) in [6.45, 7) is 0. The van der Waals surface area contributed by atoms with Crippen molar-refractivity contribution in [2.75, 3.05) is 5.33 Å². The molecule has 5 heterocycles.